The Kier molecular flexibility index (Phi) is 16.5. The maximum absolute atomic E-state index is 9.37. The van der Waals surface area contributed by atoms with Crippen molar-refractivity contribution >= 4 is 32.4 Å². The molecule has 0 atom stereocenters. The molecule has 2 aromatic rings. The maximum Gasteiger partial charge on any atom is 1.00 e. The first-order valence-corrected chi connectivity index (χ1v) is 9.31. The molecule has 0 unspecified atom stereocenters. The normalized spacial score (nSPS) is 10.6. The topological polar surface area (TPSA) is 153 Å². The zero-order valence-corrected chi connectivity index (χ0v) is 22.9. The monoisotopic (exact) mass is 488 g/mol. The van der Waals surface area contributed by atoms with Crippen molar-refractivity contribution in [3.05, 3.63) is 64.7 Å². The smallest absolute Gasteiger partial charge is 0.724 e. The number of aromatic hydroxyl groups is 1. The molecule has 0 heterocycles. The van der Waals surface area contributed by atoms with Gasteiger partial charge in [-0.2, -0.15) is 0 Å². The van der Waals surface area contributed by atoms with Gasteiger partial charge in [0.2, 0.25) is 20.8 Å². The molecular weight excluding hydrogens is 478 g/mol. The summed E-state index contributed by atoms with van der Waals surface area (Å²) in [5.41, 5.74) is 2.34. The van der Waals surface area contributed by atoms with E-state index < -0.39 is 20.8 Å². The van der Waals surface area contributed by atoms with Crippen LogP contribution >= 0.6 is 11.6 Å². The van der Waals surface area contributed by atoms with E-state index in [0.29, 0.717) is 5.02 Å². The van der Waals surface area contributed by atoms with E-state index in [9.17, 15) is 31.0 Å². The number of hydrogen-bond donors (Lipinski definition) is 1. The largest absolute Gasteiger partial charge is 1.00 e. The molecule has 0 fully saturated rings. The van der Waals surface area contributed by atoms with E-state index in [-0.39, 0.29) is 109 Å². The Bertz CT molecular complexity index is 875. The van der Waals surface area contributed by atoms with Crippen molar-refractivity contribution in [1.82, 2.24) is 0 Å². The number of hydrogen-bond acceptors (Lipinski definition) is 9. The van der Waals surface area contributed by atoms with Gasteiger partial charge in [-0.05, 0) is 29.7 Å². The molecule has 27 heavy (non-hydrogen) atoms. The Morgan fingerprint density at radius 2 is 1.33 bits per heavy atom. The van der Waals surface area contributed by atoms with Crippen LogP contribution in [0.2, 0.25) is 5.02 Å². The van der Waals surface area contributed by atoms with Crippen LogP contribution in [0, 0.1) is 0 Å². The molecule has 0 aliphatic heterocycles. The molecule has 0 amide bonds. The first kappa shape index (κ1) is 30.7. The quantitative estimate of drug-likeness (QED) is 0.144. The third-order valence-electron chi connectivity index (χ3n) is 2.46. The first-order valence-electron chi connectivity index (χ1n) is 6.27. The second-order valence-corrected chi connectivity index (χ2v) is 6.71. The summed E-state index contributed by atoms with van der Waals surface area (Å²) >= 11 is 5.83. The molecule has 0 aromatic heterocycles. The number of phenols is 1. The van der Waals surface area contributed by atoms with Gasteiger partial charge in [0.25, 0.3) is 0 Å². The molecule has 0 bridgehead atoms. The number of benzene rings is 2. The van der Waals surface area contributed by atoms with Crippen LogP contribution in [0.15, 0.2) is 48.5 Å². The van der Waals surface area contributed by atoms with Crippen molar-refractivity contribution in [3.63, 3.8) is 0 Å². The van der Waals surface area contributed by atoms with Gasteiger partial charge in [-0.1, -0.05) is 48.0 Å². The number of halogens is 1. The van der Waals surface area contributed by atoms with Crippen LogP contribution in [-0.4, -0.2) is 31.0 Å². The average molecular weight is 489 g/mol. The summed E-state index contributed by atoms with van der Waals surface area (Å²) in [7, 11) is -10.6. The molecule has 9 nitrogen and oxygen atoms in total. The zero-order valence-electron chi connectivity index (χ0n) is 14.2. The third-order valence-corrected chi connectivity index (χ3v) is 3.32. The van der Waals surface area contributed by atoms with E-state index in [1.54, 1.807) is 12.1 Å². The Labute approximate surface area is 247 Å². The van der Waals surface area contributed by atoms with E-state index in [1.807, 2.05) is 24.3 Å². The Morgan fingerprint density at radius 1 is 0.852 bits per heavy atom. The van der Waals surface area contributed by atoms with E-state index in [1.165, 1.54) is 5.56 Å². The molecule has 0 aliphatic carbocycles. The third kappa shape index (κ3) is 16.0. The Hall–Kier alpha value is 1.54. The maximum atomic E-state index is 9.37. The predicted octanol–water partition coefficient (Wildman–Crippen LogP) is -4.50. The van der Waals surface area contributed by atoms with Crippen molar-refractivity contribution < 1.29 is 142 Å². The minimum Gasteiger partial charge on any atom is -0.724 e. The van der Waals surface area contributed by atoms with Gasteiger partial charge in [0.15, 0.2) is 0 Å². The zero-order chi connectivity index (χ0) is 19.1. The fourth-order valence-corrected chi connectivity index (χ4v) is 2.31. The van der Waals surface area contributed by atoms with Crippen LogP contribution < -0.4 is 103 Å². The summed E-state index contributed by atoms with van der Waals surface area (Å²) in [6, 6.07) is 15.5. The summed E-state index contributed by atoms with van der Waals surface area (Å²) in [6.07, 6.45) is 0.834. The van der Waals surface area contributed by atoms with E-state index >= 15 is 0 Å². The van der Waals surface area contributed by atoms with Crippen LogP contribution in [0.5, 0.6) is 5.75 Å². The van der Waals surface area contributed by atoms with Gasteiger partial charge in [-0.25, -0.2) is 16.8 Å². The summed E-state index contributed by atoms with van der Waals surface area (Å²) in [5.74, 6) is 0.133. The van der Waals surface area contributed by atoms with Gasteiger partial charge in [-0.3, -0.25) is 0 Å². The molecule has 0 saturated carbocycles. The van der Waals surface area contributed by atoms with Gasteiger partial charge in [0.1, 0.15) is 5.75 Å². The van der Waals surface area contributed by atoms with Crippen LogP contribution in [0.25, 0.3) is 0 Å². The molecule has 0 spiro atoms. The van der Waals surface area contributed by atoms with Crippen molar-refractivity contribution in [1.29, 1.82) is 0 Å². The minimum atomic E-state index is -5.31. The van der Waals surface area contributed by atoms with Crippen molar-refractivity contribution in [3.8, 4) is 5.75 Å². The molecule has 2 aromatic carbocycles. The molecule has 2 rings (SSSR count). The fourth-order valence-electron chi connectivity index (χ4n) is 1.56. The average Bonchev–Trinajstić information content (AvgIpc) is 2.50. The van der Waals surface area contributed by atoms with Crippen LogP contribution in [0.4, 0.5) is 0 Å². The minimum absolute atomic E-state index is 0. The van der Waals surface area contributed by atoms with Crippen molar-refractivity contribution in [2.45, 2.75) is 6.42 Å². The predicted molar refractivity (Wildman–Crippen MR) is 83.9 cm³/mol. The fraction of sp³-hybridized carbons (Fsp3) is 0.0769. The summed E-state index contributed by atoms with van der Waals surface area (Å²) in [6.45, 7) is 0. The van der Waals surface area contributed by atoms with Crippen LogP contribution in [0.3, 0.4) is 0 Å². The summed E-state index contributed by atoms with van der Waals surface area (Å²) in [5, 5.41) is 9.68. The van der Waals surface area contributed by atoms with Gasteiger partial charge in [0, 0.05) is 0 Å². The summed E-state index contributed by atoms with van der Waals surface area (Å²) < 4.78 is 61.5. The van der Waals surface area contributed by atoms with E-state index in [0.717, 1.165) is 12.0 Å². The Morgan fingerprint density at radius 3 is 1.74 bits per heavy atom. The summed E-state index contributed by atoms with van der Waals surface area (Å²) in [4.78, 5) is 0. The second-order valence-electron chi connectivity index (χ2n) is 4.40. The molecule has 0 radical (unpaired) electrons. The first-order chi connectivity index (χ1) is 11.5. The SMILES string of the molecule is O=S(=O)([O-])OOS(=O)(=O)[O-].Oc1ccc(Cc2ccccc2)cc1Cl.[K+].[K+]. The standard InChI is InChI=1S/C13H11ClO.2K.H2O8S2/c14-12-9-11(6-7-13(12)15)8-10-4-2-1-3-5-10;;;1-9(2,3)7-8-10(4,5)6/h1-7,9,15H,8H2;;;(H,1,2,3)(H,4,5,6)/q;2*+1;/p-2. The van der Waals surface area contributed by atoms with E-state index in [2.05, 4.69) is 20.8 Å². The van der Waals surface area contributed by atoms with Crippen LogP contribution in [0.1, 0.15) is 11.1 Å². The Balaban J connectivity index is 0. The molecule has 138 valence electrons. The molecular formula is C13H11ClK2O9S2. The molecule has 0 saturated heterocycles. The second kappa shape index (κ2) is 14.5. The van der Waals surface area contributed by atoms with E-state index in [4.69, 9.17) is 11.6 Å². The van der Waals surface area contributed by atoms with Gasteiger partial charge in [0.05, 0.1) is 5.02 Å². The van der Waals surface area contributed by atoms with Crippen LogP contribution in [-0.2, 0) is 35.9 Å². The number of rotatable bonds is 5. The van der Waals surface area contributed by atoms with Gasteiger partial charge in [-0.15, -0.1) is 8.67 Å². The molecule has 1 N–H and O–H groups in total. The van der Waals surface area contributed by atoms with Gasteiger partial charge >= 0.3 is 103 Å². The molecule has 14 heteroatoms. The van der Waals surface area contributed by atoms with Crippen molar-refractivity contribution in [2.75, 3.05) is 0 Å². The van der Waals surface area contributed by atoms with Gasteiger partial charge < -0.3 is 14.2 Å². The van der Waals surface area contributed by atoms with Crippen molar-refractivity contribution in [2.24, 2.45) is 0 Å². The molecule has 0 aliphatic rings. The number of phenolic OH excluding ortho intramolecular Hbond substituents is 1.